The van der Waals surface area contributed by atoms with Gasteiger partial charge in [-0.05, 0) is 24.3 Å². The molecule has 0 fully saturated rings. The lowest BCUT2D eigenvalue weighted by Crippen LogP contribution is -2.00. The number of carbonyl (C=O) groups is 1. The van der Waals surface area contributed by atoms with Gasteiger partial charge in [-0.25, -0.2) is 4.79 Å². The van der Waals surface area contributed by atoms with Crippen LogP contribution in [0.15, 0.2) is 47.5 Å². The molecule has 2 aromatic carbocycles. The predicted octanol–water partition coefficient (Wildman–Crippen LogP) is 3.79. The van der Waals surface area contributed by atoms with Gasteiger partial charge in [0.2, 0.25) is 0 Å². The second-order valence-corrected chi connectivity index (χ2v) is 4.67. The van der Waals surface area contributed by atoms with E-state index in [0.29, 0.717) is 21.8 Å². The van der Waals surface area contributed by atoms with Crippen LogP contribution in [0.3, 0.4) is 0 Å². The molecule has 0 aliphatic carbocycles. The number of benzene rings is 2. The second-order valence-electron chi connectivity index (χ2n) is 4.26. The van der Waals surface area contributed by atoms with Gasteiger partial charge in [0, 0.05) is 28.9 Å². The van der Waals surface area contributed by atoms with E-state index in [1.807, 2.05) is 0 Å². The number of nitrogens with zero attached hydrogens (tertiary/aromatic N) is 2. The first-order chi connectivity index (χ1) is 10.5. The number of aliphatic imine (C=N–C) groups is 1. The van der Waals surface area contributed by atoms with Crippen LogP contribution in [0, 0.1) is 10.1 Å². The Balaban J connectivity index is 2.31. The third-order valence-corrected chi connectivity index (χ3v) is 3.15. The Morgan fingerprint density at radius 2 is 2.09 bits per heavy atom. The Morgan fingerprint density at radius 3 is 2.77 bits per heavy atom. The number of halogens is 1. The SMILES string of the molecule is COC(=O)c1cccc(N=Cc2cc([N+](=O)[O-])ccc2Cl)c1. The van der Waals surface area contributed by atoms with Crippen LogP contribution in [0.4, 0.5) is 11.4 Å². The van der Waals surface area contributed by atoms with Crippen molar-refractivity contribution in [3.05, 3.63) is 68.7 Å². The average Bonchev–Trinajstić information content (AvgIpc) is 2.53. The molecule has 0 N–H and O–H groups in total. The van der Waals surface area contributed by atoms with Gasteiger partial charge in [0.25, 0.3) is 5.69 Å². The molecule has 0 aliphatic heterocycles. The maximum absolute atomic E-state index is 11.4. The molecule has 112 valence electrons. The minimum Gasteiger partial charge on any atom is -0.465 e. The third kappa shape index (κ3) is 3.67. The van der Waals surface area contributed by atoms with Crippen LogP contribution in [0.5, 0.6) is 0 Å². The van der Waals surface area contributed by atoms with Crippen LogP contribution >= 0.6 is 11.6 Å². The molecule has 7 heteroatoms. The summed E-state index contributed by atoms with van der Waals surface area (Å²) in [6.45, 7) is 0. The molecule has 0 atom stereocenters. The van der Waals surface area contributed by atoms with E-state index in [2.05, 4.69) is 9.73 Å². The van der Waals surface area contributed by atoms with E-state index in [9.17, 15) is 14.9 Å². The van der Waals surface area contributed by atoms with Crippen molar-refractivity contribution in [1.29, 1.82) is 0 Å². The lowest BCUT2D eigenvalue weighted by atomic mass is 10.2. The van der Waals surface area contributed by atoms with Gasteiger partial charge < -0.3 is 4.74 Å². The number of methoxy groups -OCH3 is 1. The molecular weight excluding hydrogens is 308 g/mol. The van der Waals surface area contributed by atoms with E-state index in [1.165, 1.54) is 31.5 Å². The van der Waals surface area contributed by atoms with Gasteiger partial charge in [-0.3, -0.25) is 15.1 Å². The molecule has 0 aliphatic rings. The smallest absolute Gasteiger partial charge is 0.337 e. The fourth-order valence-electron chi connectivity index (χ4n) is 1.72. The summed E-state index contributed by atoms with van der Waals surface area (Å²) in [6.07, 6.45) is 1.41. The van der Waals surface area contributed by atoms with E-state index in [1.54, 1.807) is 24.3 Å². The number of non-ortho nitro benzene ring substituents is 1. The highest BCUT2D eigenvalue weighted by Crippen LogP contribution is 2.22. The summed E-state index contributed by atoms with van der Waals surface area (Å²) in [5.41, 5.74) is 1.21. The van der Waals surface area contributed by atoms with Gasteiger partial charge in [-0.15, -0.1) is 0 Å². The predicted molar refractivity (Wildman–Crippen MR) is 83.1 cm³/mol. The molecule has 0 spiro atoms. The summed E-state index contributed by atoms with van der Waals surface area (Å²) < 4.78 is 4.63. The standard InChI is InChI=1S/C15H11ClN2O4/c1-22-15(19)10-3-2-4-12(7-10)17-9-11-8-13(18(20)21)5-6-14(11)16/h2-9H,1H3. The van der Waals surface area contributed by atoms with Gasteiger partial charge in [0.05, 0.1) is 23.3 Å². The Bertz CT molecular complexity index is 759. The van der Waals surface area contributed by atoms with Crippen molar-refractivity contribution >= 4 is 35.2 Å². The largest absolute Gasteiger partial charge is 0.465 e. The molecule has 0 saturated heterocycles. The number of rotatable bonds is 4. The highest BCUT2D eigenvalue weighted by molar-refractivity contribution is 6.33. The molecule has 2 aromatic rings. The first-order valence-corrected chi connectivity index (χ1v) is 6.55. The zero-order valence-electron chi connectivity index (χ0n) is 11.5. The van der Waals surface area contributed by atoms with E-state index < -0.39 is 10.9 Å². The highest BCUT2D eigenvalue weighted by atomic mass is 35.5. The van der Waals surface area contributed by atoms with Crippen LogP contribution in [-0.2, 0) is 4.74 Å². The fourth-order valence-corrected chi connectivity index (χ4v) is 1.89. The molecule has 0 bridgehead atoms. The summed E-state index contributed by atoms with van der Waals surface area (Å²) in [5, 5.41) is 11.1. The van der Waals surface area contributed by atoms with Crippen LogP contribution in [-0.4, -0.2) is 24.2 Å². The van der Waals surface area contributed by atoms with Gasteiger partial charge >= 0.3 is 5.97 Å². The Morgan fingerprint density at radius 1 is 1.32 bits per heavy atom. The summed E-state index contributed by atoms with van der Waals surface area (Å²) in [5.74, 6) is -0.467. The average molecular weight is 319 g/mol. The molecule has 0 aromatic heterocycles. The van der Waals surface area contributed by atoms with Crippen LogP contribution in [0.2, 0.25) is 5.02 Å². The molecule has 0 unspecified atom stereocenters. The van der Waals surface area contributed by atoms with Crippen molar-refractivity contribution in [2.75, 3.05) is 7.11 Å². The van der Waals surface area contributed by atoms with Crippen molar-refractivity contribution in [3.8, 4) is 0 Å². The summed E-state index contributed by atoms with van der Waals surface area (Å²) in [7, 11) is 1.29. The Kier molecular flexibility index (Phi) is 4.85. The molecule has 2 rings (SSSR count). The number of esters is 1. The second kappa shape index (κ2) is 6.82. The molecule has 0 amide bonds. The number of hydrogen-bond acceptors (Lipinski definition) is 5. The molecule has 22 heavy (non-hydrogen) atoms. The van der Waals surface area contributed by atoms with Crippen molar-refractivity contribution < 1.29 is 14.5 Å². The highest BCUT2D eigenvalue weighted by Gasteiger charge is 2.08. The number of nitro benzene ring substituents is 1. The Labute approximate surface area is 131 Å². The fraction of sp³-hybridized carbons (Fsp3) is 0.0667. The topological polar surface area (TPSA) is 81.8 Å². The minimum absolute atomic E-state index is 0.0749. The first kappa shape index (κ1) is 15.7. The maximum atomic E-state index is 11.4. The summed E-state index contributed by atoms with van der Waals surface area (Å²) in [6, 6.07) is 10.6. The normalized spacial score (nSPS) is 10.6. The number of carbonyl (C=O) groups excluding carboxylic acids is 1. The van der Waals surface area contributed by atoms with Crippen molar-refractivity contribution in [2.45, 2.75) is 0 Å². The molecule has 6 nitrogen and oxygen atoms in total. The lowest BCUT2D eigenvalue weighted by Gasteiger charge is -2.01. The van der Waals surface area contributed by atoms with Gasteiger partial charge in [0.1, 0.15) is 0 Å². The van der Waals surface area contributed by atoms with E-state index in [4.69, 9.17) is 11.6 Å². The third-order valence-electron chi connectivity index (χ3n) is 2.81. The quantitative estimate of drug-likeness (QED) is 0.372. The molecule has 0 saturated carbocycles. The van der Waals surface area contributed by atoms with Crippen LogP contribution in [0.1, 0.15) is 15.9 Å². The summed E-state index contributed by atoms with van der Waals surface area (Å²) in [4.78, 5) is 25.9. The lowest BCUT2D eigenvalue weighted by molar-refractivity contribution is -0.384. The van der Waals surface area contributed by atoms with E-state index in [-0.39, 0.29) is 5.69 Å². The zero-order chi connectivity index (χ0) is 16.1. The molecule has 0 heterocycles. The first-order valence-electron chi connectivity index (χ1n) is 6.17. The van der Waals surface area contributed by atoms with E-state index >= 15 is 0 Å². The zero-order valence-corrected chi connectivity index (χ0v) is 12.3. The van der Waals surface area contributed by atoms with E-state index in [0.717, 1.165) is 0 Å². The number of nitro groups is 1. The minimum atomic E-state index is -0.508. The van der Waals surface area contributed by atoms with Crippen molar-refractivity contribution in [3.63, 3.8) is 0 Å². The number of hydrogen-bond donors (Lipinski definition) is 0. The monoisotopic (exact) mass is 318 g/mol. The number of ether oxygens (including phenoxy) is 1. The Hall–Kier alpha value is -2.73. The summed E-state index contributed by atoms with van der Waals surface area (Å²) >= 11 is 5.98. The van der Waals surface area contributed by atoms with Gasteiger partial charge in [-0.2, -0.15) is 0 Å². The van der Waals surface area contributed by atoms with Crippen molar-refractivity contribution in [2.24, 2.45) is 4.99 Å². The van der Waals surface area contributed by atoms with Crippen LogP contribution in [0.25, 0.3) is 0 Å². The molecule has 0 radical (unpaired) electrons. The molecular formula is C15H11ClN2O4. The van der Waals surface area contributed by atoms with Crippen molar-refractivity contribution in [1.82, 2.24) is 0 Å². The maximum Gasteiger partial charge on any atom is 0.337 e. The van der Waals surface area contributed by atoms with Gasteiger partial charge in [0.15, 0.2) is 0 Å². The van der Waals surface area contributed by atoms with Gasteiger partial charge in [-0.1, -0.05) is 17.7 Å². The van der Waals surface area contributed by atoms with Crippen LogP contribution < -0.4 is 0 Å².